The van der Waals surface area contributed by atoms with Gasteiger partial charge in [-0.25, -0.2) is 0 Å². The maximum absolute atomic E-state index is 11.5. The standard InChI is InChI=1S/C24H34N2O5/c1-3-5-7-9-23(21-27)25-11-15-29-16-12-26(24(22-28)10-8-6-4-2)14-18-31-20-19-30-17-13-25/h3-10,21-22H,1-2,11-20H2/b7-5+,8-6+,23-9+,24-10+. The van der Waals surface area contributed by atoms with Crippen LogP contribution in [0.5, 0.6) is 0 Å². The van der Waals surface area contributed by atoms with Gasteiger partial charge in [0.25, 0.3) is 0 Å². The molecule has 1 rings (SSSR count). The van der Waals surface area contributed by atoms with E-state index < -0.39 is 0 Å². The topological polar surface area (TPSA) is 68.3 Å². The minimum atomic E-state index is 0.442. The second kappa shape index (κ2) is 18.1. The van der Waals surface area contributed by atoms with Crippen molar-refractivity contribution in [2.75, 3.05) is 65.8 Å². The molecule has 0 aromatic carbocycles. The average Bonchev–Trinajstić information content (AvgIpc) is 2.79. The van der Waals surface area contributed by atoms with Gasteiger partial charge in [0.1, 0.15) is 0 Å². The summed E-state index contributed by atoms with van der Waals surface area (Å²) < 4.78 is 17.1. The van der Waals surface area contributed by atoms with E-state index in [2.05, 4.69) is 13.2 Å². The SMILES string of the molecule is C=C/C=C/C=C(\C=O)N1CCOCCOCCN(/C(C=O)=C/C=C/C=C)CCOCC1. The Kier molecular flexibility index (Phi) is 15.3. The fourth-order valence-electron chi connectivity index (χ4n) is 2.77. The van der Waals surface area contributed by atoms with E-state index in [-0.39, 0.29) is 0 Å². The number of nitrogens with zero attached hydrogens (tertiary/aromatic N) is 2. The van der Waals surface area contributed by atoms with Gasteiger partial charge in [-0.3, -0.25) is 9.59 Å². The van der Waals surface area contributed by atoms with Crippen molar-refractivity contribution in [2.24, 2.45) is 0 Å². The van der Waals surface area contributed by atoms with Crippen molar-refractivity contribution in [1.82, 2.24) is 9.80 Å². The highest BCUT2D eigenvalue weighted by molar-refractivity contribution is 5.73. The van der Waals surface area contributed by atoms with E-state index in [0.717, 1.165) is 12.6 Å². The van der Waals surface area contributed by atoms with Gasteiger partial charge in [-0.2, -0.15) is 0 Å². The highest BCUT2D eigenvalue weighted by Crippen LogP contribution is 2.05. The number of ether oxygens (including phenoxy) is 3. The molecular formula is C24H34N2O5. The third kappa shape index (κ3) is 11.9. The Hall–Kier alpha value is -2.74. The van der Waals surface area contributed by atoms with Crippen LogP contribution in [0.25, 0.3) is 0 Å². The lowest BCUT2D eigenvalue weighted by molar-refractivity contribution is -0.107. The smallest absolute Gasteiger partial charge is 0.166 e. The summed E-state index contributed by atoms with van der Waals surface area (Å²) in [6.07, 6.45) is 15.5. The van der Waals surface area contributed by atoms with Crippen LogP contribution in [0, 0.1) is 0 Å². The first kappa shape index (κ1) is 26.3. The summed E-state index contributed by atoms with van der Waals surface area (Å²) in [5, 5.41) is 0. The molecule has 0 N–H and O–H groups in total. The number of aldehydes is 2. The Morgan fingerprint density at radius 2 is 0.935 bits per heavy atom. The average molecular weight is 431 g/mol. The molecule has 1 aliphatic rings. The van der Waals surface area contributed by atoms with Gasteiger partial charge in [-0.15, -0.1) is 0 Å². The zero-order valence-electron chi connectivity index (χ0n) is 18.2. The summed E-state index contributed by atoms with van der Waals surface area (Å²) in [6, 6.07) is 0. The highest BCUT2D eigenvalue weighted by Gasteiger charge is 2.11. The number of carbonyl (C=O) groups is 2. The maximum atomic E-state index is 11.5. The molecule has 1 heterocycles. The molecule has 0 aromatic rings. The molecule has 0 radical (unpaired) electrons. The third-order valence-corrected chi connectivity index (χ3v) is 4.39. The lowest BCUT2D eigenvalue weighted by atomic mass is 10.3. The zero-order valence-corrected chi connectivity index (χ0v) is 18.2. The minimum Gasteiger partial charge on any atom is -0.378 e. The molecular weight excluding hydrogens is 396 g/mol. The predicted octanol–water partition coefficient (Wildman–Crippen LogP) is 2.30. The van der Waals surface area contributed by atoms with Gasteiger partial charge >= 0.3 is 0 Å². The van der Waals surface area contributed by atoms with E-state index in [1.54, 1.807) is 48.6 Å². The molecule has 0 saturated carbocycles. The zero-order chi connectivity index (χ0) is 22.6. The van der Waals surface area contributed by atoms with Crippen LogP contribution in [0.4, 0.5) is 0 Å². The molecule has 0 amide bonds. The van der Waals surface area contributed by atoms with Crippen molar-refractivity contribution >= 4 is 12.6 Å². The van der Waals surface area contributed by atoms with Crippen LogP contribution in [-0.2, 0) is 23.8 Å². The van der Waals surface area contributed by atoms with Gasteiger partial charge in [-0.05, 0) is 12.2 Å². The van der Waals surface area contributed by atoms with Crippen LogP contribution in [0.2, 0.25) is 0 Å². The molecule has 0 unspecified atom stereocenters. The van der Waals surface area contributed by atoms with Gasteiger partial charge in [-0.1, -0.05) is 49.6 Å². The van der Waals surface area contributed by atoms with Crippen LogP contribution in [0.1, 0.15) is 0 Å². The van der Waals surface area contributed by atoms with Crippen molar-refractivity contribution < 1.29 is 23.8 Å². The summed E-state index contributed by atoms with van der Waals surface area (Å²) in [6.45, 7) is 12.2. The molecule has 0 bridgehead atoms. The Balaban J connectivity index is 2.80. The molecule has 0 atom stereocenters. The first-order chi connectivity index (χ1) is 15.3. The van der Waals surface area contributed by atoms with E-state index in [4.69, 9.17) is 14.2 Å². The highest BCUT2D eigenvalue weighted by atomic mass is 16.5. The molecule has 7 heteroatoms. The lowest BCUT2D eigenvalue weighted by Gasteiger charge is -2.25. The fourth-order valence-corrected chi connectivity index (χ4v) is 2.77. The van der Waals surface area contributed by atoms with Crippen molar-refractivity contribution in [2.45, 2.75) is 0 Å². The predicted molar refractivity (Wildman–Crippen MR) is 123 cm³/mol. The molecule has 7 nitrogen and oxygen atoms in total. The third-order valence-electron chi connectivity index (χ3n) is 4.39. The van der Waals surface area contributed by atoms with E-state index in [9.17, 15) is 9.59 Å². The Morgan fingerprint density at radius 1 is 0.581 bits per heavy atom. The van der Waals surface area contributed by atoms with Gasteiger partial charge in [0.2, 0.25) is 0 Å². The van der Waals surface area contributed by atoms with Crippen molar-refractivity contribution in [3.8, 4) is 0 Å². The summed E-state index contributed by atoms with van der Waals surface area (Å²) in [5.41, 5.74) is 1.10. The minimum absolute atomic E-state index is 0.442. The van der Waals surface area contributed by atoms with Crippen LogP contribution < -0.4 is 0 Å². The first-order valence-corrected chi connectivity index (χ1v) is 10.4. The number of hydrogen-bond acceptors (Lipinski definition) is 7. The summed E-state index contributed by atoms with van der Waals surface area (Å²) in [4.78, 5) is 27.0. The molecule has 1 aliphatic heterocycles. The molecule has 0 aliphatic carbocycles. The Morgan fingerprint density at radius 3 is 1.26 bits per heavy atom. The van der Waals surface area contributed by atoms with Crippen LogP contribution in [0.3, 0.4) is 0 Å². The molecule has 170 valence electrons. The molecule has 0 spiro atoms. The van der Waals surface area contributed by atoms with Crippen molar-refractivity contribution in [1.29, 1.82) is 0 Å². The second-order valence-electron chi connectivity index (χ2n) is 6.47. The summed E-state index contributed by atoms with van der Waals surface area (Å²) >= 11 is 0. The second-order valence-corrected chi connectivity index (χ2v) is 6.47. The van der Waals surface area contributed by atoms with Crippen LogP contribution >= 0.6 is 0 Å². The molecule has 1 fully saturated rings. The van der Waals surface area contributed by atoms with Crippen molar-refractivity contribution in [3.63, 3.8) is 0 Å². The molecule has 31 heavy (non-hydrogen) atoms. The summed E-state index contributed by atoms with van der Waals surface area (Å²) in [7, 11) is 0. The van der Waals surface area contributed by atoms with Crippen LogP contribution in [0.15, 0.2) is 73.2 Å². The summed E-state index contributed by atoms with van der Waals surface area (Å²) in [5.74, 6) is 0. The fraction of sp³-hybridized carbons (Fsp3) is 0.417. The molecule has 0 aromatic heterocycles. The lowest BCUT2D eigenvalue weighted by Crippen LogP contribution is -2.33. The molecule has 1 saturated heterocycles. The van der Waals surface area contributed by atoms with Gasteiger partial charge in [0.15, 0.2) is 12.6 Å². The number of rotatable bonds is 8. The normalized spacial score (nSPS) is 19.1. The van der Waals surface area contributed by atoms with E-state index in [0.29, 0.717) is 77.2 Å². The number of carbonyl (C=O) groups excluding carboxylic acids is 2. The first-order valence-electron chi connectivity index (χ1n) is 10.4. The van der Waals surface area contributed by atoms with Crippen molar-refractivity contribution in [3.05, 3.63) is 73.2 Å². The largest absolute Gasteiger partial charge is 0.378 e. The van der Waals surface area contributed by atoms with Gasteiger partial charge < -0.3 is 24.0 Å². The van der Waals surface area contributed by atoms with E-state index in [1.165, 1.54) is 0 Å². The van der Waals surface area contributed by atoms with Gasteiger partial charge in [0.05, 0.1) is 51.0 Å². The monoisotopic (exact) mass is 430 g/mol. The maximum Gasteiger partial charge on any atom is 0.166 e. The van der Waals surface area contributed by atoms with Crippen LogP contribution in [-0.4, -0.2) is 88.2 Å². The Labute approximate surface area is 185 Å². The van der Waals surface area contributed by atoms with E-state index in [1.807, 2.05) is 9.80 Å². The Bertz CT molecular complexity index is 611. The van der Waals surface area contributed by atoms with Gasteiger partial charge in [0, 0.05) is 26.2 Å². The number of allylic oxidation sites excluding steroid dienone is 10. The number of hydrogen-bond donors (Lipinski definition) is 0. The van der Waals surface area contributed by atoms with E-state index >= 15 is 0 Å². The quantitative estimate of drug-likeness (QED) is 0.333.